The predicted octanol–water partition coefficient (Wildman–Crippen LogP) is 7.11. The van der Waals surface area contributed by atoms with Gasteiger partial charge in [0.25, 0.3) is 5.91 Å². The van der Waals surface area contributed by atoms with Crippen molar-refractivity contribution in [2.45, 2.75) is 58.0 Å². The SMILES string of the molecule is COc1ccc(CNc2nccn3c2c(-c2ccc(CNC(=O)c4cc(F)ccc4OC)cc2)nc3[C@]2(C)CC[C@@](C)(C(=O)OC)CC2)c(OC)c1. The highest BCUT2D eigenvalue weighted by molar-refractivity contribution is 5.97. The van der Waals surface area contributed by atoms with E-state index < -0.39 is 17.1 Å². The van der Waals surface area contributed by atoms with Crippen LogP contribution in [-0.4, -0.2) is 54.7 Å². The molecule has 2 N–H and O–H groups in total. The van der Waals surface area contributed by atoms with Crippen LogP contribution in [0.4, 0.5) is 10.2 Å². The van der Waals surface area contributed by atoms with E-state index in [1.807, 2.05) is 55.6 Å². The summed E-state index contributed by atoms with van der Waals surface area (Å²) in [5.41, 5.74) is 3.45. The van der Waals surface area contributed by atoms with Crippen molar-refractivity contribution in [1.29, 1.82) is 0 Å². The number of hydrogen-bond donors (Lipinski definition) is 2. The number of halogens is 1. The highest BCUT2D eigenvalue weighted by atomic mass is 19.1. The van der Waals surface area contributed by atoms with Gasteiger partial charge in [-0.2, -0.15) is 0 Å². The van der Waals surface area contributed by atoms with Crippen molar-refractivity contribution < 1.29 is 32.9 Å². The Labute approximate surface area is 302 Å². The lowest BCUT2D eigenvalue weighted by molar-refractivity contribution is -0.154. The van der Waals surface area contributed by atoms with Gasteiger partial charge in [0, 0.05) is 48.1 Å². The number of anilines is 1. The number of ether oxygens (including phenoxy) is 4. The minimum absolute atomic E-state index is 0.124. The van der Waals surface area contributed by atoms with Crippen molar-refractivity contribution in [3.8, 4) is 28.5 Å². The van der Waals surface area contributed by atoms with Crippen LogP contribution in [0.15, 0.2) is 73.1 Å². The number of nitrogens with one attached hydrogen (secondary N) is 2. The van der Waals surface area contributed by atoms with Crippen molar-refractivity contribution >= 4 is 23.2 Å². The summed E-state index contributed by atoms with van der Waals surface area (Å²) in [7, 11) is 6.13. The van der Waals surface area contributed by atoms with Crippen molar-refractivity contribution in [3.05, 3.63) is 101 Å². The monoisotopic (exact) mass is 709 g/mol. The molecule has 0 spiro atoms. The lowest BCUT2D eigenvalue weighted by Gasteiger charge is -2.40. The van der Waals surface area contributed by atoms with Crippen molar-refractivity contribution in [2.24, 2.45) is 5.41 Å². The maximum atomic E-state index is 13.9. The number of methoxy groups -OCH3 is 4. The molecule has 1 fully saturated rings. The first-order chi connectivity index (χ1) is 25.0. The number of hydrogen-bond acceptors (Lipinski definition) is 9. The van der Waals surface area contributed by atoms with E-state index in [0.29, 0.717) is 42.5 Å². The summed E-state index contributed by atoms with van der Waals surface area (Å²) >= 11 is 0. The van der Waals surface area contributed by atoms with Crippen molar-refractivity contribution in [3.63, 3.8) is 0 Å². The number of aromatic nitrogens is 3. The molecule has 52 heavy (non-hydrogen) atoms. The Balaban J connectivity index is 1.33. The Morgan fingerprint density at radius 2 is 1.60 bits per heavy atom. The van der Waals surface area contributed by atoms with E-state index in [4.69, 9.17) is 28.9 Å². The van der Waals surface area contributed by atoms with Gasteiger partial charge < -0.3 is 29.6 Å². The van der Waals surface area contributed by atoms with Gasteiger partial charge >= 0.3 is 5.97 Å². The van der Waals surface area contributed by atoms with E-state index in [2.05, 4.69) is 22.0 Å². The molecule has 272 valence electrons. The van der Waals surface area contributed by atoms with Crippen LogP contribution in [0.5, 0.6) is 17.2 Å². The lowest BCUT2D eigenvalue weighted by Crippen LogP contribution is -2.39. The van der Waals surface area contributed by atoms with Gasteiger partial charge in [0.2, 0.25) is 0 Å². The fraction of sp³-hybridized carbons (Fsp3) is 0.350. The van der Waals surface area contributed by atoms with E-state index in [1.54, 1.807) is 20.4 Å². The number of nitrogens with zero attached hydrogens (tertiary/aromatic N) is 3. The average molecular weight is 710 g/mol. The Morgan fingerprint density at radius 3 is 2.27 bits per heavy atom. The molecule has 0 bridgehead atoms. The standard InChI is InChI=1S/C40H44FN5O6/c1-39(15-17-40(2,18-16-39)38(48)52-6)37-45-33(26-9-7-25(8-10-26)23-44-36(47)30-21-28(41)12-14-31(30)50-4)34-35(42-19-20-46(34)37)43-24-27-11-13-29(49-3)22-32(27)51-5/h7-14,19-22H,15-18,23-24H2,1-6H3,(H,42,43)(H,44,47)/t39-,40-. The Hall–Kier alpha value is -5.65. The first-order valence-corrected chi connectivity index (χ1v) is 17.1. The van der Waals surface area contributed by atoms with Crippen LogP contribution >= 0.6 is 0 Å². The Bertz CT molecular complexity index is 2090. The first-order valence-electron chi connectivity index (χ1n) is 17.1. The summed E-state index contributed by atoms with van der Waals surface area (Å²) in [6.45, 7) is 4.84. The van der Waals surface area contributed by atoms with Gasteiger partial charge in [0.05, 0.1) is 39.4 Å². The summed E-state index contributed by atoms with van der Waals surface area (Å²) in [4.78, 5) is 35.7. The normalized spacial score (nSPS) is 18.4. The number of amides is 1. The highest BCUT2D eigenvalue weighted by Gasteiger charge is 2.45. The van der Waals surface area contributed by atoms with E-state index in [1.165, 1.54) is 26.4 Å². The topological polar surface area (TPSA) is 125 Å². The third kappa shape index (κ3) is 7.10. The van der Waals surface area contributed by atoms with Gasteiger partial charge in [-0.3, -0.25) is 14.0 Å². The van der Waals surface area contributed by atoms with Crippen LogP contribution in [0.3, 0.4) is 0 Å². The largest absolute Gasteiger partial charge is 0.497 e. The van der Waals surface area contributed by atoms with E-state index >= 15 is 0 Å². The lowest BCUT2D eigenvalue weighted by atomic mass is 9.65. The molecule has 1 amide bonds. The van der Waals surface area contributed by atoms with Crippen LogP contribution in [0, 0.1) is 11.2 Å². The van der Waals surface area contributed by atoms with E-state index in [0.717, 1.165) is 52.6 Å². The maximum Gasteiger partial charge on any atom is 0.311 e. The fourth-order valence-electron chi connectivity index (χ4n) is 6.92. The van der Waals surface area contributed by atoms with Gasteiger partial charge in [0.1, 0.15) is 40.1 Å². The number of carbonyl (C=O) groups excluding carboxylic acids is 2. The zero-order valence-corrected chi connectivity index (χ0v) is 30.3. The minimum atomic E-state index is -0.541. The predicted molar refractivity (Wildman–Crippen MR) is 195 cm³/mol. The second-order valence-electron chi connectivity index (χ2n) is 13.6. The van der Waals surface area contributed by atoms with Crippen LogP contribution in [0.25, 0.3) is 16.8 Å². The average Bonchev–Trinajstić information content (AvgIpc) is 3.58. The molecule has 1 aliphatic rings. The second-order valence-corrected chi connectivity index (χ2v) is 13.6. The maximum absolute atomic E-state index is 13.9. The zero-order valence-electron chi connectivity index (χ0n) is 30.3. The Kier molecular flexibility index (Phi) is 10.4. The number of imidazole rings is 1. The molecule has 3 aromatic carbocycles. The molecule has 12 heteroatoms. The highest BCUT2D eigenvalue weighted by Crippen LogP contribution is 2.48. The zero-order chi connectivity index (χ0) is 37.0. The number of benzene rings is 3. The summed E-state index contributed by atoms with van der Waals surface area (Å²) in [6.07, 6.45) is 6.55. The van der Waals surface area contributed by atoms with E-state index in [9.17, 15) is 14.0 Å². The molecular weight excluding hydrogens is 665 g/mol. The van der Waals surface area contributed by atoms with Gasteiger partial charge in [0.15, 0.2) is 5.82 Å². The summed E-state index contributed by atoms with van der Waals surface area (Å²) in [6, 6.07) is 17.3. The van der Waals surface area contributed by atoms with Crippen LogP contribution in [-0.2, 0) is 28.0 Å². The third-order valence-corrected chi connectivity index (χ3v) is 10.3. The molecule has 11 nitrogen and oxygen atoms in total. The van der Waals surface area contributed by atoms with Crippen molar-refractivity contribution in [2.75, 3.05) is 33.8 Å². The molecule has 0 atom stereocenters. The van der Waals surface area contributed by atoms with Gasteiger partial charge in [-0.25, -0.2) is 14.4 Å². The van der Waals surface area contributed by atoms with Crippen LogP contribution in [0.1, 0.15) is 66.8 Å². The van der Waals surface area contributed by atoms with E-state index in [-0.39, 0.29) is 23.5 Å². The summed E-state index contributed by atoms with van der Waals surface area (Å²) in [5.74, 6) is 2.07. The van der Waals surface area contributed by atoms with Gasteiger partial charge in [-0.1, -0.05) is 31.2 Å². The molecule has 0 aliphatic heterocycles. The summed E-state index contributed by atoms with van der Waals surface area (Å²) in [5, 5.41) is 6.38. The smallest absolute Gasteiger partial charge is 0.311 e. The molecule has 1 saturated carbocycles. The van der Waals surface area contributed by atoms with Crippen molar-refractivity contribution in [1.82, 2.24) is 19.7 Å². The van der Waals surface area contributed by atoms with Gasteiger partial charge in [-0.15, -0.1) is 0 Å². The molecule has 6 rings (SSSR count). The minimum Gasteiger partial charge on any atom is -0.497 e. The molecular formula is C40H44FN5O6. The molecule has 1 aliphatic carbocycles. The molecule has 5 aromatic rings. The first kappa shape index (κ1) is 36.2. The summed E-state index contributed by atoms with van der Waals surface area (Å²) < 4.78 is 37.4. The number of carbonyl (C=O) groups is 2. The number of esters is 1. The quantitative estimate of drug-likeness (QED) is 0.130. The van der Waals surface area contributed by atoms with Crippen LogP contribution < -0.4 is 24.8 Å². The third-order valence-electron chi connectivity index (χ3n) is 10.3. The molecule has 0 saturated heterocycles. The fourth-order valence-corrected chi connectivity index (χ4v) is 6.92. The molecule has 0 radical (unpaired) electrons. The molecule has 2 aromatic heterocycles. The Morgan fingerprint density at radius 1 is 0.865 bits per heavy atom. The molecule has 2 heterocycles. The van der Waals surface area contributed by atoms with Gasteiger partial charge in [-0.05, 0) is 68.5 Å². The number of fused-ring (bicyclic) bond motifs is 1. The number of rotatable bonds is 12. The van der Waals surface area contributed by atoms with Crippen LogP contribution in [0.2, 0.25) is 0 Å². The second kappa shape index (κ2) is 14.9. The molecule has 0 unspecified atom stereocenters.